The number of anilines is 1. The number of ether oxygens (including phenoxy) is 3. The number of hydrogen-bond acceptors (Lipinski definition) is 14. The Bertz CT molecular complexity index is 2710. The van der Waals surface area contributed by atoms with E-state index in [4.69, 9.17) is 24.2 Å². The van der Waals surface area contributed by atoms with Crippen molar-refractivity contribution >= 4 is 62.8 Å². The van der Waals surface area contributed by atoms with Crippen LogP contribution >= 0.6 is 22.7 Å². The van der Waals surface area contributed by atoms with Gasteiger partial charge in [0, 0.05) is 97.4 Å². The van der Waals surface area contributed by atoms with Crippen LogP contribution in [0.25, 0.3) is 39.0 Å². The van der Waals surface area contributed by atoms with E-state index in [1.54, 1.807) is 44.2 Å². The molecule has 3 aliphatic rings. The van der Waals surface area contributed by atoms with Crippen molar-refractivity contribution in [2.24, 2.45) is 5.41 Å². The predicted octanol–water partition coefficient (Wildman–Crippen LogP) is 13.5. The summed E-state index contributed by atoms with van der Waals surface area (Å²) in [5.41, 5.74) is 11.8. The largest absolute Gasteiger partial charge is 0.465 e. The summed E-state index contributed by atoms with van der Waals surface area (Å²) in [6.45, 7) is 38.5. The van der Waals surface area contributed by atoms with Gasteiger partial charge < -0.3 is 29.4 Å². The molecule has 0 spiro atoms. The van der Waals surface area contributed by atoms with Gasteiger partial charge in [0.2, 0.25) is 0 Å². The van der Waals surface area contributed by atoms with Crippen LogP contribution in [-0.4, -0.2) is 118 Å². The maximum atomic E-state index is 13.8. The lowest BCUT2D eigenvalue weighted by Gasteiger charge is -2.45. The Morgan fingerprint density at radius 1 is 0.949 bits per heavy atom. The number of H-pyrrole nitrogens is 1. The van der Waals surface area contributed by atoms with Gasteiger partial charge in [0.1, 0.15) is 11.6 Å². The zero-order chi connectivity index (χ0) is 57.7. The minimum atomic E-state index is -0.861. The molecule has 17 heteroatoms. The Hall–Kier alpha value is -5.46. The number of allylic oxidation sites excluding steroid dienone is 3. The van der Waals surface area contributed by atoms with E-state index in [-0.39, 0.29) is 31.0 Å². The number of hydrogen-bond donors (Lipinski definition) is 3. The van der Waals surface area contributed by atoms with Gasteiger partial charge in [0.15, 0.2) is 0 Å². The molecular weight excluding hydrogens is 1020 g/mol. The molecule has 15 nitrogen and oxygen atoms in total. The molecule has 0 saturated carbocycles. The Labute approximate surface area is 475 Å². The highest BCUT2D eigenvalue weighted by atomic mass is 32.1. The van der Waals surface area contributed by atoms with Gasteiger partial charge in [-0.3, -0.25) is 24.5 Å². The van der Waals surface area contributed by atoms with Gasteiger partial charge >= 0.3 is 12.1 Å². The number of carbonyl (C=O) groups is 3. The summed E-state index contributed by atoms with van der Waals surface area (Å²) < 4.78 is 17.1. The number of nitrogens with one attached hydrogen (secondary N) is 3. The number of aromatic nitrogens is 4. The number of amides is 2. The van der Waals surface area contributed by atoms with Crippen molar-refractivity contribution in [3.8, 4) is 22.5 Å². The number of nitrogens with zero attached hydrogens (tertiary/aromatic N) is 6. The van der Waals surface area contributed by atoms with Gasteiger partial charge in [-0.05, 0) is 110 Å². The van der Waals surface area contributed by atoms with Crippen molar-refractivity contribution in [1.82, 2.24) is 40.6 Å². The summed E-state index contributed by atoms with van der Waals surface area (Å²) in [6, 6.07) is 8.29. The van der Waals surface area contributed by atoms with E-state index < -0.39 is 23.2 Å². The molecule has 3 fully saturated rings. The lowest BCUT2D eigenvalue weighted by Crippen LogP contribution is -2.56. The molecular formula is C61H93N9O6S2. The zero-order valence-electron chi connectivity index (χ0n) is 50.0. The Kier molecular flexibility index (Phi) is 26.2. The highest BCUT2D eigenvalue weighted by molar-refractivity contribution is 7.10. The molecule has 3 saturated heterocycles. The fourth-order valence-electron chi connectivity index (χ4n) is 9.60. The molecule has 3 atom stereocenters. The zero-order valence-corrected chi connectivity index (χ0v) is 51.6. The number of rotatable bonds is 15. The number of aromatic amines is 1. The van der Waals surface area contributed by atoms with E-state index in [0.29, 0.717) is 30.6 Å². The third kappa shape index (κ3) is 18.3. The Morgan fingerprint density at radius 2 is 1.68 bits per heavy atom. The normalized spacial score (nSPS) is 16.5. The molecule has 3 aliphatic heterocycles. The molecule has 0 aliphatic carbocycles. The average Bonchev–Trinajstić information content (AvgIpc) is 4.26. The number of piperidine rings is 1. The number of fused-ring (bicyclic) bond motifs is 2. The van der Waals surface area contributed by atoms with Gasteiger partial charge in [-0.25, -0.2) is 20.2 Å². The van der Waals surface area contributed by atoms with Gasteiger partial charge in [-0.2, -0.15) is 0 Å². The van der Waals surface area contributed by atoms with Crippen LogP contribution in [0.4, 0.5) is 10.5 Å². The standard InChI is InChI=1S/C46H64N8O6S.C9H11NS.3C2H6/c1-29(58-8)41-35(22-33(25-47-41)53-20-19-52-17-11-9-13-32(52)26-53)42-36(24-46(6,7)28-59-30(2)55)34-21-31(14-15-37(34)50-42)39-27-61-40(49-39)23-38(51-44(57)60-45(3,4)5)43(56)54-18-12-10-16-48-54;1-4-8(5-2)9-6-11-7(3)10-9;3*1-2/h14-15,21-22,25,27,29,32,38,48,50H,9-13,16-20,23-24,26,28H2,1-8H3,(H,51,57);4-6H,1H2,2-3H3;3*1-2H3/b;8-5+;;;. The molecule has 3 N–H and O–H groups in total. The third-order valence-electron chi connectivity index (χ3n) is 13.4. The first-order valence-corrected chi connectivity index (χ1v) is 30.1. The molecule has 0 radical (unpaired) electrons. The van der Waals surface area contributed by atoms with E-state index in [1.165, 1.54) is 44.1 Å². The SMILES string of the molecule is C=C/C(=C\C)c1csc(C)n1.CC.CC.CC.COC(C)c1ncc(N2CCN3CCCCC3C2)cc1-c1[nH]c2ccc(-c3csc(CC(NC(=O)OC(C)(C)C)C(=O)N4CCCCN4)n3)cc2c1CC(C)(C)COC(C)=O. The van der Waals surface area contributed by atoms with Crippen molar-refractivity contribution in [3.63, 3.8) is 0 Å². The van der Waals surface area contributed by atoms with E-state index in [1.807, 2.05) is 91.4 Å². The second-order valence-electron chi connectivity index (χ2n) is 20.8. The first kappa shape index (κ1) is 65.1. The van der Waals surface area contributed by atoms with E-state index in [9.17, 15) is 14.4 Å². The second-order valence-corrected chi connectivity index (χ2v) is 22.8. The summed E-state index contributed by atoms with van der Waals surface area (Å²) in [5.74, 6) is -0.529. The molecule has 5 aromatic rings. The fourth-order valence-corrected chi connectivity index (χ4v) is 11.1. The van der Waals surface area contributed by atoms with E-state index in [2.05, 4.69) is 75.2 Å². The molecule has 0 bridgehead atoms. The number of aryl methyl sites for hydroxylation is 1. The maximum absolute atomic E-state index is 13.8. The maximum Gasteiger partial charge on any atom is 0.408 e. The number of benzene rings is 1. The highest BCUT2D eigenvalue weighted by Gasteiger charge is 2.33. The van der Waals surface area contributed by atoms with Crippen LogP contribution < -0.4 is 15.6 Å². The van der Waals surface area contributed by atoms with Crippen LogP contribution in [-0.2, 0) is 36.6 Å². The topological polar surface area (TPSA) is 167 Å². The number of esters is 1. The van der Waals surface area contributed by atoms with Gasteiger partial charge in [0.25, 0.3) is 5.91 Å². The number of piperazine rings is 1. The number of methoxy groups -OCH3 is 1. The summed E-state index contributed by atoms with van der Waals surface area (Å²) in [4.78, 5) is 62.1. The minimum Gasteiger partial charge on any atom is -0.465 e. The van der Waals surface area contributed by atoms with Crippen LogP contribution in [0.3, 0.4) is 0 Å². The van der Waals surface area contributed by atoms with Gasteiger partial charge in [0.05, 0.1) is 57.4 Å². The monoisotopic (exact) mass is 1110 g/mol. The van der Waals surface area contributed by atoms with Crippen LogP contribution in [0.15, 0.2) is 60.0 Å². The molecule has 1 aromatic carbocycles. The lowest BCUT2D eigenvalue weighted by molar-refractivity contribution is -0.144. The minimum absolute atomic E-state index is 0.215. The van der Waals surface area contributed by atoms with Crippen LogP contribution in [0.2, 0.25) is 0 Å². The molecule has 3 unspecified atom stereocenters. The molecule has 8 rings (SSSR count). The Balaban J connectivity index is 0.000000671. The van der Waals surface area contributed by atoms with Crippen molar-refractivity contribution in [3.05, 3.63) is 86.9 Å². The summed E-state index contributed by atoms with van der Waals surface area (Å²) in [6.07, 6.45) is 11.4. The van der Waals surface area contributed by atoms with Crippen LogP contribution in [0.5, 0.6) is 0 Å². The first-order valence-electron chi connectivity index (χ1n) is 28.4. The fraction of sp³-hybridized carbons (Fsp3) is 0.574. The van der Waals surface area contributed by atoms with Gasteiger partial charge in [-0.1, -0.05) is 86.6 Å². The lowest BCUT2D eigenvalue weighted by atomic mass is 9.84. The van der Waals surface area contributed by atoms with Crippen molar-refractivity contribution in [2.45, 2.75) is 173 Å². The summed E-state index contributed by atoms with van der Waals surface area (Å²) >= 11 is 3.12. The van der Waals surface area contributed by atoms with Crippen LogP contribution in [0, 0.1) is 12.3 Å². The average molecular weight is 1110 g/mol. The first-order chi connectivity index (χ1) is 37.3. The quantitative estimate of drug-likeness (QED) is 0.0672. The summed E-state index contributed by atoms with van der Waals surface area (Å²) in [5, 5.41) is 11.3. The van der Waals surface area contributed by atoms with E-state index >= 15 is 0 Å². The van der Waals surface area contributed by atoms with Gasteiger partial charge in [-0.15, -0.1) is 22.7 Å². The molecule has 4 aromatic heterocycles. The van der Waals surface area contributed by atoms with E-state index in [0.717, 1.165) is 99.1 Å². The predicted molar refractivity (Wildman–Crippen MR) is 324 cm³/mol. The van der Waals surface area contributed by atoms with Crippen molar-refractivity contribution in [2.75, 3.05) is 57.9 Å². The molecule has 430 valence electrons. The number of pyridine rings is 1. The highest BCUT2D eigenvalue weighted by Crippen LogP contribution is 2.41. The van der Waals surface area contributed by atoms with Crippen LogP contribution in [0.1, 0.15) is 162 Å². The second kappa shape index (κ2) is 31.4. The van der Waals surface area contributed by atoms with Crippen molar-refractivity contribution < 1.29 is 28.6 Å². The Morgan fingerprint density at radius 3 is 2.31 bits per heavy atom. The molecule has 7 heterocycles. The molecule has 2 amide bonds. The molecule has 78 heavy (non-hydrogen) atoms. The summed E-state index contributed by atoms with van der Waals surface area (Å²) in [7, 11) is 1.71. The van der Waals surface area contributed by atoms with Crippen molar-refractivity contribution in [1.29, 1.82) is 0 Å². The number of alkyl carbamates (subject to hydrolysis) is 1. The number of thiazole rings is 2. The number of hydrazine groups is 1. The third-order valence-corrected chi connectivity index (χ3v) is 15.0. The smallest absolute Gasteiger partial charge is 0.408 e. The number of carbonyl (C=O) groups excluding carboxylic acids is 3.